The number of rotatable bonds is 5. The van der Waals surface area contributed by atoms with Gasteiger partial charge in [0, 0.05) is 50.1 Å². The van der Waals surface area contributed by atoms with Gasteiger partial charge in [-0.15, -0.1) is 24.0 Å². The van der Waals surface area contributed by atoms with Crippen LogP contribution in [-0.2, 0) is 4.79 Å². The largest absolute Gasteiger partial charge is 0.354 e. The molecular formula is C18H35IN4OS. The Hall–Kier alpha value is -0.180. The van der Waals surface area contributed by atoms with Crippen molar-refractivity contribution in [1.82, 2.24) is 15.5 Å². The number of hydrogen-bond donors (Lipinski definition) is 2. The zero-order valence-corrected chi connectivity index (χ0v) is 19.1. The second kappa shape index (κ2) is 12.3. The minimum absolute atomic E-state index is 0. The van der Waals surface area contributed by atoms with E-state index in [1.807, 2.05) is 7.05 Å². The van der Waals surface area contributed by atoms with E-state index in [0.29, 0.717) is 17.7 Å². The van der Waals surface area contributed by atoms with Crippen molar-refractivity contribution in [2.45, 2.75) is 51.2 Å². The molecule has 1 saturated heterocycles. The van der Waals surface area contributed by atoms with Gasteiger partial charge in [0.25, 0.3) is 0 Å². The molecule has 1 unspecified atom stereocenters. The SMILES string of the molecule is CN=C(NCCNC(=O)C1CCCCC1)N1CCSC(C(C)C)C1.I. The molecule has 2 rings (SSSR count). The van der Waals surface area contributed by atoms with Gasteiger partial charge in [0.1, 0.15) is 0 Å². The fourth-order valence-corrected chi connectivity index (χ4v) is 4.77. The van der Waals surface area contributed by atoms with Gasteiger partial charge in [-0.25, -0.2) is 0 Å². The van der Waals surface area contributed by atoms with Crippen molar-refractivity contribution in [3.8, 4) is 0 Å². The first-order valence-corrected chi connectivity index (χ1v) is 10.5. The average molecular weight is 482 g/mol. The number of nitrogens with zero attached hydrogens (tertiary/aromatic N) is 2. The molecule has 0 aromatic rings. The molecule has 2 aliphatic rings. The molecule has 1 aliphatic carbocycles. The lowest BCUT2D eigenvalue weighted by atomic mass is 9.89. The Morgan fingerprint density at radius 3 is 2.52 bits per heavy atom. The molecule has 0 aromatic carbocycles. The van der Waals surface area contributed by atoms with Crippen LogP contribution in [-0.4, -0.2) is 61.0 Å². The minimum atomic E-state index is 0. The Bertz CT molecular complexity index is 427. The fraction of sp³-hybridized carbons (Fsp3) is 0.889. The monoisotopic (exact) mass is 482 g/mol. The van der Waals surface area contributed by atoms with E-state index in [2.05, 4.69) is 46.1 Å². The number of carbonyl (C=O) groups excluding carboxylic acids is 1. The van der Waals surface area contributed by atoms with Crippen LogP contribution in [0.1, 0.15) is 46.0 Å². The Balaban J connectivity index is 0.00000312. The maximum Gasteiger partial charge on any atom is 0.223 e. The van der Waals surface area contributed by atoms with Crippen molar-refractivity contribution in [3.63, 3.8) is 0 Å². The molecule has 5 nitrogen and oxygen atoms in total. The van der Waals surface area contributed by atoms with E-state index in [1.165, 1.54) is 19.3 Å². The third-order valence-electron chi connectivity index (χ3n) is 5.03. The van der Waals surface area contributed by atoms with E-state index in [1.54, 1.807) is 0 Å². The molecule has 2 fully saturated rings. The number of amides is 1. The molecule has 1 atom stereocenters. The van der Waals surface area contributed by atoms with Gasteiger partial charge in [-0.1, -0.05) is 33.1 Å². The van der Waals surface area contributed by atoms with E-state index in [-0.39, 0.29) is 35.8 Å². The summed E-state index contributed by atoms with van der Waals surface area (Å²) < 4.78 is 0. The van der Waals surface area contributed by atoms with Crippen LogP contribution in [0.15, 0.2) is 4.99 Å². The maximum absolute atomic E-state index is 12.1. The molecule has 1 saturated carbocycles. The van der Waals surface area contributed by atoms with Gasteiger partial charge in [-0.05, 0) is 18.8 Å². The van der Waals surface area contributed by atoms with Crippen LogP contribution in [0.2, 0.25) is 0 Å². The summed E-state index contributed by atoms with van der Waals surface area (Å²) in [7, 11) is 1.84. The zero-order valence-electron chi connectivity index (χ0n) is 15.9. The maximum atomic E-state index is 12.1. The number of halogens is 1. The average Bonchev–Trinajstić information content (AvgIpc) is 2.62. The highest BCUT2D eigenvalue weighted by molar-refractivity contribution is 14.0. The van der Waals surface area contributed by atoms with E-state index >= 15 is 0 Å². The van der Waals surface area contributed by atoms with Crippen molar-refractivity contribution < 1.29 is 4.79 Å². The predicted molar refractivity (Wildman–Crippen MR) is 119 cm³/mol. The molecule has 2 N–H and O–H groups in total. The van der Waals surface area contributed by atoms with Crippen LogP contribution in [0, 0.1) is 11.8 Å². The first kappa shape index (κ1) is 22.9. The molecule has 0 spiro atoms. The van der Waals surface area contributed by atoms with Crippen LogP contribution in [0.3, 0.4) is 0 Å². The lowest BCUT2D eigenvalue weighted by Crippen LogP contribution is -2.50. The number of thioether (sulfide) groups is 1. The molecule has 1 heterocycles. The Labute approximate surface area is 174 Å². The summed E-state index contributed by atoms with van der Waals surface area (Å²) in [6.07, 6.45) is 5.80. The second-order valence-corrected chi connectivity index (χ2v) is 8.55. The van der Waals surface area contributed by atoms with Gasteiger partial charge in [0.05, 0.1) is 0 Å². The van der Waals surface area contributed by atoms with Crippen molar-refractivity contribution >= 4 is 47.6 Å². The highest BCUT2D eigenvalue weighted by Crippen LogP contribution is 2.25. The third kappa shape index (κ3) is 7.53. The highest BCUT2D eigenvalue weighted by Gasteiger charge is 2.25. The molecule has 25 heavy (non-hydrogen) atoms. The van der Waals surface area contributed by atoms with Gasteiger partial charge in [0.2, 0.25) is 5.91 Å². The smallest absolute Gasteiger partial charge is 0.223 e. The van der Waals surface area contributed by atoms with Crippen LogP contribution < -0.4 is 10.6 Å². The fourth-order valence-electron chi connectivity index (χ4n) is 3.47. The van der Waals surface area contributed by atoms with Crippen LogP contribution in [0.5, 0.6) is 0 Å². The predicted octanol–water partition coefficient (Wildman–Crippen LogP) is 2.95. The van der Waals surface area contributed by atoms with Crippen molar-refractivity contribution in [2.75, 3.05) is 39.0 Å². The van der Waals surface area contributed by atoms with Crippen LogP contribution >= 0.6 is 35.7 Å². The summed E-state index contributed by atoms with van der Waals surface area (Å²) in [6, 6.07) is 0. The number of carbonyl (C=O) groups is 1. The van der Waals surface area contributed by atoms with Crippen LogP contribution in [0.25, 0.3) is 0 Å². The number of hydrogen-bond acceptors (Lipinski definition) is 3. The molecule has 146 valence electrons. The Morgan fingerprint density at radius 1 is 1.20 bits per heavy atom. The van der Waals surface area contributed by atoms with Gasteiger partial charge in [0.15, 0.2) is 5.96 Å². The Morgan fingerprint density at radius 2 is 1.88 bits per heavy atom. The van der Waals surface area contributed by atoms with Gasteiger partial charge in [-0.3, -0.25) is 9.79 Å². The van der Waals surface area contributed by atoms with Crippen LogP contribution in [0.4, 0.5) is 0 Å². The van der Waals surface area contributed by atoms with E-state index in [4.69, 9.17) is 0 Å². The van der Waals surface area contributed by atoms with Crippen molar-refractivity contribution in [1.29, 1.82) is 0 Å². The summed E-state index contributed by atoms with van der Waals surface area (Å²) in [5.74, 6) is 3.28. The standard InChI is InChI=1S/C18H34N4OS.HI/c1-14(2)16-13-22(11-12-24-16)18(19-3)21-10-9-20-17(23)15-7-5-4-6-8-15;/h14-16H,4-13H2,1-3H3,(H,19,21)(H,20,23);1H. The topological polar surface area (TPSA) is 56.7 Å². The minimum Gasteiger partial charge on any atom is -0.354 e. The number of nitrogens with one attached hydrogen (secondary N) is 2. The van der Waals surface area contributed by atoms with E-state index in [9.17, 15) is 4.79 Å². The van der Waals surface area contributed by atoms with E-state index in [0.717, 1.165) is 44.2 Å². The lowest BCUT2D eigenvalue weighted by Gasteiger charge is -2.36. The molecule has 7 heteroatoms. The summed E-state index contributed by atoms with van der Waals surface area (Å²) >= 11 is 2.07. The first-order valence-electron chi connectivity index (χ1n) is 9.46. The molecule has 1 amide bonds. The van der Waals surface area contributed by atoms with Gasteiger partial charge in [-0.2, -0.15) is 11.8 Å². The second-order valence-electron chi connectivity index (χ2n) is 7.20. The van der Waals surface area contributed by atoms with Gasteiger partial charge >= 0.3 is 0 Å². The molecule has 0 aromatic heterocycles. The molecule has 0 radical (unpaired) electrons. The summed E-state index contributed by atoms with van der Waals surface area (Å²) in [5.41, 5.74) is 0. The molecule has 1 aliphatic heterocycles. The first-order chi connectivity index (χ1) is 11.6. The summed E-state index contributed by atoms with van der Waals surface area (Å²) in [5, 5.41) is 7.16. The quantitative estimate of drug-likeness (QED) is 0.274. The summed E-state index contributed by atoms with van der Waals surface area (Å²) in [4.78, 5) is 18.9. The normalized spacial score (nSPS) is 22.5. The molecular weight excluding hydrogens is 447 g/mol. The van der Waals surface area contributed by atoms with Gasteiger partial charge < -0.3 is 15.5 Å². The Kier molecular flexibility index (Phi) is 11.2. The van der Waals surface area contributed by atoms with Crippen molar-refractivity contribution in [3.05, 3.63) is 0 Å². The number of guanidine groups is 1. The number of aliphatic imine (C=N–C) groups is 1. The summed E-state index contributed by atoms with van der Waals surface area (Å²) in [6.45, 7) is 8.08. The lowest BCUT2D eigenvalue weighted by molar-refractivity contribution is -0.125. The highest BCUT2D eigenvalue weighted by atomic mass is 127. The van der Waals surface area contributed by atoms with E-state index < -0.39 is 0 Å². The molecule has 0 bridgehead atoms. The third-order valence-corrected chi connectivity index (χ3v) is 6.57. The zero-order chi connectivity index (χ0) is 17.4. The van der Waals surface area contributed by atoms with Crippen molar-refractivity contribution in [2.24, 2.45) is 16.8 Å².